The number of esters is 1. The summed E-state index contributed by atoms with van der Waals surface area (Å²) in [5.41, 5.74) is 2.45. The lowest BCUT2D eigenvalue weighted by Crippen LogP contribution is -2.27. The molecule has 1 heterocycles. The highest BCUT2D eigenvalue weighted by Crippen LogP contribution is 2.52. The minimum absolute atomic E-state index is 0.126. The first-order valence-electron chi connectivity index (χ1n) is 10.0. The average Bonchev–Trinajstić information content (AvgIpc) is 2.88. The number of fused-ring (bicyclic) bond motifs is 1. The van der Waals surface area contributed by atoms with Crippen LogP contribution < -0.4 is 19.5 Å². The quantitative estimate of drug-likeness (QED) is 0.390. The van der Waals surface area contributed by atoms with Gasteiger partial charge in [0.25, 0.3) is 0 Å². The molecule has 0 saturated carbocycles. The Labute approximate surface area is 202 Å². The summed E-state index contributed by atoms with van der Waals surface area (Å²) in [6, 6.07) is 9.31. The van der Waals surface area contributed by atoms with E-state index < -0.39 is 0 Å². The molecule has 6 nitrogen and oxygen atoms in total. The fourth-order valence-corrected chi connectivity index (χ4v) is 5.55. The lowest BCUT2D eigenvalue weighted by atomic mass is 10.0. The number of anilines is 1. The number of benzene rings is 2. The van der Waals surface area contributed by atoms with E-state index in [1.54, 1.807) is 27.4 Å². The zero-order valence-electron chi connectivity index (χ0n) is 18.6. The van der Waals surface area contributed by atoms with Crippen LogP contribution in [0.5, 0.6) is 17.2 Å². The van der Waals surface area contributed by atoms with E-state index in [-0.39, 0.29) is 29.0 Å². The number of rotatable bonds is 7. The monoisotopic (exact) mass is 495 g/mol. The van der Waals surface area contributed by atoms with Gasteiger partial charge < -0.3 is 24.3 Å². The lowest BCUT2D eigenvalue weighted by Gasteiger charge is -2.24. The summed E-state index contributed by atoms with van der Waals surface area (Å²) < 4.78 is 22.2. The van der Waals surface area contributed by atoms with Crippen LogP contribution in [0.4, 0.5) is 5.69 Å². The smallest absolute Gasteiger partial charge is 0.307 e. The number of thiocarbonyl (C=S) groups is 1. The maximum Gasteiger partial charge on any atom is 0.307 e. The van der Waals surface area contributed by atoms with Crippen molar-refractivity contribution in [2.24, 2.45) is 0 Å². The molecule has 0 amide bonds. The van der Waals surface area contributed by atoms with Crippen molar-refractivity contribution in [3.05, 3.63) is 46.5 Å². The van der Waals surface area contributed by atoms with E-state index in [4.69, 9.17) is 42.8 Å². The predicted molar refractivity (Wildman–Crippen MR) is 133 cm³/mol. The molecular weight excluding hydrogens is 470 g/mol. The topological polar surface area (TPSA) is 66.0 Å². The van der Waals surface area contributed by atoms with Gasteiger partial charge in [-0.1, -0.05) is 36.0 Å². The molecule has 0 bridgehead atoms. The maximum atomic E-state index is 12.5. The van der Waals surface area contributed by atoms with E-state index in [0.29, 0.717) is 32.9 Å². The fraction of sp³-hybridized carbons (Fsp3) is 0.391. The van der Waals surface area contributed by atoms with Gasteiger partial charge in [0.1, 0.15) is 5.75 Å². The number of halogens is 1. The Bertz CT molecular complexity index is 1010. The van der Waals surface area contributed by atoms with Gasteiger partial charge in [-0.15, -0.1) is 11.8 Å². The summed E-state index contributed by atoms with van der Waals surface area (Å²) in [4.78, 5) is 13.0. The molecule has 9 heteroatoms. The first-order valence-corrected chi connectivity index (χ1v) is 11.8. The van der Waals surface area contributed by atoms with Crippen molar-refractivity contribution < 1.29 is 23.7 Å². The Hall–Kier alpha value is -2.16. The summed E-state index contributed by atoms with van der Waals surface area (Å²) in [5, 5.41) is 3.21. The molecule has 0 spiro atoms. The van der Waals surface area contributed by atoms with Gasteiger partial charge in [-0.2, -0.15) is 0 Å². The first kappa shape index (κ1) is 24.5. The van der Waals surface area contributed by atoms with Crippen molar-refractivity contribution in [3.8, 4) is 17.2 Å². The summed E-state index contributed by atoms with van der Waals surface area (Å²) in [5.74, 6) is 1.46. The Morgan fingerprint density at radius 1 is 1.12 bits per heavy atom. The van der Waals surface area contributed by atoms with Gasteiger partial charge in [-0.25, -0.2) is 0 Å². The van der Waals surface area contributed by atoms with Crippen LogP contribution in [0.2, 0.25) is 5.02 Å². The number of para-hydroxylation sites is 1. The molecule has 1 aliphatic rings. The second-order valence-electron chi connectivity index (χ2n) is 7.39. The number of ether oxygens (including phenoxy) is 4. The highest BCUT2D eigenvalue weighted by molar-refractivity contribution is 8.02. The molecule has 0 saturated heterocycles. The van der Waals surface area contributed by atoms with Crippen LogP contribution in [0.25, 0.3) is 0 Å². The van der Waals surface area contributed by atoms with Crippen molar-refractivity contribution in [2.45, 2.75) is 36.9 Å². The van der Waals surface area contributed by atoms with Gasteiger partial charge in [0, 0.05) is 16.7 Å². The minimum atomic E-state index is -0.340. The summed E-state index contributed by atoms with van der Waals surface area (Å²) in [6.07, 6.45) is -0.0770. The molecule has 1 N–H and O–H groups in total. The van der Waals surface area contributed by atoms with E-state index in [1.807, 2.05) is 38.1 Å². The molecule has 32 heavy (non-hydrogen) atoms. The average molecular weight is 496 g/mol. The van der Waals surface area contributed by atoms with Gasteiger partial charge >= 0.3 is 5.97 Å². The second kappa shape index (κ2) is 10.6. The van der Waals surface area contributed by atoms with Gasteiger partial charge in [0.05, 0.1) is 55.0 Å². The third-order valence-corrected chi connectivity index (χ3v) is 7.14. The van der Waals surface area contributed by atoms with Crippen molar-refractivity contribution in [1.29, 1.82) is 0 Å². The van der Waals surface area contributed by atoms with Crippen molar-refractivity contribution in [1.82, 2.24) is 0 Å². The summed E-state index contributed by atoms with van der Waals surface area (Å²) >= 11 is 13.7. The standard InChI is InChI=1S/C23H26ClNO5S2/c1-12(2)30-19(26)11-18-23(31)25-20-15(9-13(24)10-17(20)28-4)22(32-18)14-7-6-8-16(27-3)21(14)29-5/h6-10,12,18,22H,11H2,1-5H3,(H,25,31)/t18-,22-/m1/s1. The Balaban J connectivity index is 2.15. The van der Waals surface area contributed by atoms with Crippen molar-refractivity contribution in [2.75, 3.05) is 26.6 Å². The number of hydrogen-bond donors (Lipinski definition) is 1. The third-order valence-electron chi connectivity index (χ3n) is 4.88. The first-order chi connectivity index (χ1) is 15.3. The van der Waals surface area contributed by atoms with Gasteiger partial charge in [-0.05, 0) is 31.5 Å². The van der Waals surface area contributed by atoms with Gasteiger partial charge in [-0.3, -0.25) is 4.79 Å². The normalized spacial score (nSPS) is 17.8. The van der Waals surface area contributed by atoms with E-state index in [0.717, 1.165) is 11.1 Å². The van der Waals surface area contributed by atoms with Gasteiger partial charge in [0.15, 0.2) is 11.5 Å². The molecule has 2 aromatic rings. The molecule has 0 unspecified atom stereocenters. The number of methoxy groups -OCH3 is 3. The molecule has 0 aliphatic carbocycles. The second-order valence-corrected chi connectivity index (χ2v) is 9.58. The zero-order chi connectivity index (χ0) is 23.4. The number of nitrogens with one attached hydrogen (secondary N) is 1. The summed E-state index contributed by atoms with van der Waals surface area (Å²) in [7, 11) is 4.77. The molecule has 0 radical (unpaired) electrons. The van der Waals surface area contributed by atoms with Crippen LogP contribution in [0.3, 0.4) is 0 Å². The highest BCUT2D eigenvalue weighted by atomic mass is 35.5. The molecule has 172 valence electrons. The summed E-state index contributed by atoms with van der Waals surface area (Å²) in [6.45, 7) is 3.64. The predicted octanol–water partition coefficient (Wildman–Crippen LogP) is 5.65. The highest BCUT2D eigenvalue weighted by Gasteiger charge is 2.35. The van der Waals surface area contributed by atoms with Crippen LogP contribution in [0.1, 0.15) is 36.6 Å². The van der Waals surface area contributed by atoms with Crippen LogP contribution >= 0.6 is 35.6 Å². The Kier molecular flexibility index (Phi) is 8.14. The molecule has 3 rings (SSSR count). The fourth-order valence-electron chi connectivity index (χ4n) is 3.57. The molecular formula is C23H26ClNO5S2. The number of thioether (sulfide) groups is 1. The molecule has 1 aliphatic heterocycles. The van der Waals surface area contributed by atoms with Crippen molar-refractivity contribution >= 4 is 52.2 Å². The maximum absolute atomic E-state index is 12.5. The Morgan fingerprint density at radius 2 is 1.84 bits per heavy atom. The lowest BCUT2D eigenvalue weighted by molar-refractivity contribution is -0.147. The molecule has 0 fully saturated rings. The van der Waals surface area contributed by atoms with E-state index >= 15 is 0 Å². The van der Waals surface area contributed by atoms with E-state index in [1.165, 1.54) is 11.8 Å². The minimum Gasteiger partial charge on any atom is -0.495 e. The van der Waals surface area contributed by atoms with Crippen LogP contribution in [0, 0.1) is 0 Å². The SMILES string of the molecule is COc1cc(Cl)cc2c1NC(=S)[C@@H](CC(=O)OC(C)C)S[C@@H]2c1cccc(OC)c1OC. The number of carbonyl (C=O) groups is 1. The van der Waals surface area contributed by atoms with Gasteiger partial charge in [0.2, 0.25) is 0 Å². The largest absolute Gasteiger partial charge is 0.495 e. The van der Waals surface area contributed by atoms with Crippen molar-refractivity contribution in [3.63, 3.8) is 0 Å². The third kappa shape index (κ3) is 5.24. The van der Waals surface area contributed by atoms with Crippen LogP contribution in [-0.4, -0.2) is 43.6 Å². The van der Waals surface area contributed by atoms with Crippen LogP contribution in [0.15, 0.2) is 30.3 Å². The van der Waals surface area contributed by atoms with E-state index in [9.17, 15) is 4.79 Å². The number of carbonyl (C=O) groups excluding carboxylic acids is 1. The molecule has 2 atom stereocenters. The molecule has 0 aromatic heterocycles. The zero-order valence-corrected chi connectivity index (χ0v) is 21.0. The van der Waals surface area contributed by atoms with Crippen LogP contribution in [-0.2, 0) is 9.53 Å². The molecule has 2 aromatic carbocycles. The van der Waals surface area contributed by atoms with E-state index in [2.05, 4.69) is 5.32 Å². The Morgan fingerprint density at radius 3 is 2.47 bits per heavy atom. The number of hydrogen-bond acceptors (Lipinski definition) is 7.